The largest absolute Gasteiger partial charge is 0.378 e. The van der Waals surface area contributed by atoms with Crippen LogP contribution in [-0.4, -0.2) is 26.9 Å². The molecule has 0 aromatic heterocycles. The maximum atomic E-state index is 10.7. The second-order valence-corrected chi connectivity index (χ2v) is 8.22. The van der Waals surface area contributed by atoms with Crippen LogP contribution in [0.15, 0.2) is 0 Å². The fraction of sp³-hybridized carbons (Fsp3) is 1.00. The molecule has 0 aromatic carbocycles. The van der Waals surface area contributed by atoms with Crippen LogP contribution in [0.3, 0.4) is 0 Å². The summed E-state index contributed by atoms with van der Waals surface area (Å²) < 4.78 is 27.3. The van der Waals surface area contributed by atoms with Crippen LogP contribution in [0, 0.1) is 5.92 Å². The molecule has 2 atom stereocenters. The van der Waals surface area contributed by atoms with Crippen molar-refractivity contribution in [2.75, 3.05) is 12.4 Å². The van der Waals surface area contributed by atoms with E-state index in [9.17, 15) is 8.42 Å². The monoisotopic (exact) mass is 296 g/mol. The van der Waals surface area contributed by atoms with Crippen molar-refractivity contribution in [2.24, 2.45) is 5.92 Å². The van der Waals surface area contributed by atoms with Gasteiger partial charge in [0.1, 0.15) is 0 Å². The van der Waals surface area contributed by atoms with E-state index in [2.05, 4.69) is 6.92 Å². The predicted molar refractivity (Wildman–Crippen MR) is 75.5 cm³/mol. The molecule has 18 heavy (non-hydrogen) atoms. The SMILES string of the molecule is CC1CCCCC1OCCCCCCS(=O)(=O)Cl. The van der Waals surface area contributed by atoms with Gasteiger partial charge in [0.2, 0.25) is 9.05 Å². The van der Waals surface area contributed by atoms with E-state index in [0.29, 0.717) is 18.4 Å². The van der Waals surface area contributed by atoms with E-state index in [1.807, 2.05) is 0 Å². The standard InChI is InChI=1S/C13H25ClO3S/c1-12-8-4-5-9-13(12)17-10-6-2-3-7-11-18(14,15)16/h12-13H,2-11H2,1H3. The zero-order chi connectivity index (χ0) is 13.4. The van der Waals surface area contributed by atoms with E-state index >= 15 is 0 Å². The van der Waals surface area contributed by atoms with Gasteiger partial charge in [0, 0.05) is 17.3 Å². The van der Waals surface area contributed by atoms with Gasteiger partial charge in [-0.3, -0.25) is 0 Å². The molecule has 0 N–H and O–H groups in total. The van der Waals surface area contributed by atoms with Crippen molar-refractivity contribution < 1.29 is 13.2 Å². The smallest absolute Gasteiger partial charge is 0.232 e. The third-order valence-corrected chi connectivity index (χ3v) is 4.89. The molecule has 0 radical (unpaired) electrons. The van der Waals surface area contributed by atoms with E-state index in [-0.39, 0.29) is 5.75 Å². The summed E-state index contributed by atoms with van der Waals surface area (Å²) in [6, 6.07) is 0. The highest BCUT2D eigenvalue weighted by Gasteiger charge is 2.21. The molecule has 0 spiro atoms. The van der Waals surface area contributed by atoms with Crippen LogP contribution >= 0.6 is 10.7 Å². The molecule has 1 aliphatic rings. The van der Waals surface area contributed by atoms with E-state index in [1.165, 1.54) is 25.7 Å². The lowest BCUT2D eigenvalue weighted by Crippen LogP contribution is -2.25. The van der Waals surface area contributed by atoms with Crippen molar-refractivity contribution in [1.29, 1.82) is 0 Å². The Morgan fingerprint density at radius 1 is 1.11 bits per heavy atom. The Hall–Kier alpha value is 0.200. The van der Waals surface area contributed by atoms with Crippen LogP contribution in [0.5, 0.6) is 0 Å². The molecule has 0 bridgehead atoms. The molecule has 5 heteroatoms. The molecule has 0 aromatic rings. The molecule has 1 saturated carbocycles. The minimum absolute atomic E-state index is 0.0923. The average Bonchev–Trinajstić information content (AvgIpc) is 2.28. The molecular weight excluding hydrogens is 272 g/mol. The minimum atomic E-state index is -3.30. The minimum Gasteiger partial charge on any atom is -0.378 e. The Morgan fingerprint density at radius 2 is 1.78 bits per heavy atom. The Balaban J connectivity index is 1.95. The number of ether oxygens (including phenoxy) is 1. The van der Waals surface area contributed by atoms with Gasteiger partial charge in [-0.05, 0) is 31.6 Å². The molecule has 1 rings (SSSR count). The molecule has 3 nitrogen and oxygen atoms in total. The lowest BCUT2D eigenvalue weighted by molar-refractivity contribution is -0.00653. The highest BCUT2D eigenvalue weighted by molar-refractivity contribution is 8.13. The predicted octanol–water partition coefficient (Wildman–Crippen LogP) is 3.71. The summed E-state index contributed by atoms with van der Waals surface area (Å²) in [5.41, 5.74) is 0. The maximum absolute atomic E-state index is 10.7. The van der Waals surface area contributed by atoms with Gasteiger partial charge in [-0.1, -0.05) is 32.6 Å². The first kappa shape index (κ1) is 16.3. The van der Waals surface area contributed by atoms with Crippen molar-refractivity contribution in [3.8, 4) is 0 Å². The zero-order valence-corrected chi connectivity index (χ0v) is 12.8. The van der Waals surface area contributed by atoms with E-state index in [1.54, 1.807) is 0 Å². The number of hydrogen-bond acceptors (Lipinski definition) is 3. The molecule has 2 unspecified atom stereocenters. The van der Waals surface area contributed by atoms with E-state index in [0.717, 1.165) is 25.9 Å². The Bertz CT molecular complexity index is 316. The molecule has 0 amide bonds. The third kappa shape index (κ3) is 7.59. The van der Waals surface area contributed by atoms with Crippen LogP contribution in [0.1, 0.15) is 58.3 Å². The lowest BCUT2D eigenvalue weighted by atomic mass is 9.88. The maximum Gasteiger partial charge on any atom is 0.232 e. The molecular formula is C13H25ClO3S. The zero-order valence-electron chi connectivity index (χ0n) is 11.2. The van der Waals surface area contributed by atoms with E-state index in [4.69, 9.17) is 15.4 Å². The second kappa shape index (κ2) is 8.39. The van der Waals surface area contributed by atoms with Crippen LogP contribution < -0.4 is 0 Å². The first-order valence-corrected chi connectivity index (χ1v) is 9.51. The first-order chi connectivity index (χ1) is 8.49. The summed E-state index contributed by atoms with van der Waals surface area (Å²) >= 11 is 0. The molecule has 1 aliphatic carbocycles. The molecule has 0 heterocycles. The normalized spacial score (nSPS) is 25.2. The van der Waals surface area contributed by atoms with Gasteiger partial charge < -0.3 is 4.74 Å². The molecule has 108 valence electrons. The van der Waals surface area contributed by atoms with Crippen LogP contribution in [0.25, 0.3) is 0 Å². The lowest BCUT2D eigenvalue weighted by Gasteiger charge is -2.28. The number of hydrogen-bond donors (Lipinski definition) is 0. The Labute approximate surface area is 116 Å². The summed E-state index contributed by atoms with van der Waals surface area (Å²) in [7, 11) is 1.84. The number of halogens is 1. The first-order valence-electron chi connectivity index (χ1n) is 7.03. The fourth-order valence-corrected chi connectivity index (χ4v) is 3.37. The van der Waals surface area contributed by atoms with Crippen molar-refractivity contribution in [3.05, 3.63) is 0 Å². The third-order valence-electron chi connectivity index (χ3n) is 3.65. The second-order valence-electron chi connectivity index (χ2n) is 5.33. The Kier molecular flexibility index (Phi) is 7.57. The van der Waals surface area contributed by atoms with Gasteiger partial charge in [-0.2, -0.15) is 0 Å². The molecule has 1 fully saturated rings. The number of unbranched alkanes of at least 4 members (excludes halogenated alkanes) is 3. The van der Waals surface area contributed by atoms with Gasteiger partial charge in [0.25, 0.3) is 0 Å². The summed E-state index contributed by atoms with van der Waals surface area (Å²) in [5, 5.41) is 0. The van der Waals surface area contributed by atoms with Gasteiger partial charge in [-0.25, -0.2) is 8.42 Å². The Morgan fingerprint density at radius 3 is 2.44 bits per heavy atom. The van der Waals surface area contributed by atoms with E-state index < -0.39 is 9.05 Å². The topological polar surface area (TPSA) is 43.4 Å². The molecule has 0 saturated heterocycles. The van der Waals surface area contributed by atoms with Crippen molar-refractivity contribution in [2.45, 2.75) is 64.4 Å². The van der Waals surface area contributed by atoms with Gasteiger partial charge in [-0.15, -0.1) is 0 Å². The quantitative estimate of drug-likeness (QED) is 0.506. The average molecular weight is 297 g/mol. The van der Waals surface area contributed by atoms with Crippen molar-refractivity contribution in [1.82, 2.24) is 0 Å². The van der Waals surface area contributed by atoms with Crippen molar-refractivity contribution in [3.63, 3.8) is 0 Å². The summed E-state index contributed by atoms with van der Waals surface area (Å²) in [4.78, 5) is 0. The summed E-state index contributed by atoms with van der Waals surface area (Å²) in [6.07, 6.45) is 9.18. The highest BCUT2D eigenvalue weighted by atomic mass is 35.7. The summed E-state index contributed by atoms with van der Waals surface area (Å²) in [6.45, 7) is 3.08. The van der Waals surface area contributed by atoms with Crippen LogP contribution in [-0.2, 0) is 13.8 Å². The molecule has 0 aliphatic heterocycles. The number of rotatable bonds is 8. The van der Waals surface area contributed by atoms with Crippen molar-refractivity contribution >= 4 is 19.7 Å². The summed E-state index contributed by atoms with van der Waals surface area (Å²) in [5.74, 6) is 0.787. The van der Waals surface area contributed by atoms with Gasteiger partial charge in [0.05, 0.1) is 11.9 Å². The fourth-order valence-electron chi connectivity index (χ4n) is 2.49. The highest BCUT2D eigenvalue weighted by Crippen LogP contribution is 2.26. The van der Waals surface area contributed by atoms with Crippen LogP contribution in [0.4, 0.5) is 0 Å². The van der Waals surface area contributed by atoms with Gasteiger partial charge in [0.15, 0.2) is 0 Å². The van der Waals surface area contributed by atoms with Crippen LogP contribution in [0.2, 0.25) is 0 Å². The van der Waals surface area contributed by atoms with Gasteiger partial charge >= 0.3 is 0 Å².